The first-order valence-corrected chi connectivity index (χ1v) is 8.57. The zero-order valence-corrected chi connectivity index (χ0v) is 15.3. The van der Waals surface area contributed by atoms with E-state index in [0.717, 1.165) is 16.8 Å². The Kier molecular flexibility index (Phi) is 6.34. The van der Waals surface area contributed by atoms with Gasteiger partial charge in [0, 0.05) is 17.7 Å². The highest BCUT2D eigenvalue weighted by Gasteiger charge is 2.12. The molecule has 0 spiro atoms. The van der Waals surface area contributed by atoms with E-state index in [0.29, 0.717) is 23.7 Å². The second kappa shape index (κ2) is 8.47. The molecule has 0 aromatic heterocycles. The van der Waals surface area contributed by atoms with Crippen molar-refractivity contribution in [2.24, 2.45) is 0 Å². The summed E-state index contributed by atoms with van der Waals surface area (Å²) in [6.45, 7) is 7.92. The van der Waals surface area contributed by atoms with Crippen molar-refractivity contribution in [1.29, 1.82) is 0 Å². The van der Waals surface area contributed by atoms with Crippen LogP contribution in [0.25, 0.3) is 0 Å². The van der Waals surface area contributed by atoms with Crippen LogP contribution in [0.3, 0.4) is 0 Å². The summed E-state index contributed by atoms with van der Waals surface area (Å²) < 4.78 is 5.53. The van der Waals surface area contributed by atoms with Crippen LogP contribution in [-0.2, 0) is 4.79 Å². The monoisotopic (exact) mass is 339 g/mol. The van der Waals surface area contributed by atoms with E-state index < -0.39 is 0 Å². The number of para-hydroxylation sites is 1. The molecule has 1 N–H and O–H groups in total. The van der Waals surface area contributed by atoms with Crippen LogP contribution in [0.15, 0.2) is 42.5 Å². The Morgan fingerprint density at radius 3 is 2.36 bits per heavy atom. The minimum absolute atomic E-state index is 0.0764. The maximum Gasteiger partial charge on any atom is 0.262 e. The lowest BCUT2D eigenvalue weighted by Gasteiger charge is -2.16. The van der Waals surface area contributed by atoms with Gasteiger partial charge in [-0.15, -0.1) is 0 Å². The Balaban J connectivity index is 1.99. The molecule has 2 rings (SSSR count). The van der Waals surface area contributed by atoms with Crippen LogP contribution in [0, 0.1) is 6.92 Å². The summed E-state index contributed by atoms with van der Waals surface area (Å²) in [6.07, 6.45) is 0.469. The van der Waals surface area contributed by atoms with Gasteiger partial charge < -0.3 is 10.1 Å². The molecule has 0 aliphatic heterocycles. The first-order valence-electron chi connectivity index (χ1n) is 8.57. The van der Waals surface area contributed by atoms with E-state index >= 15 is 0 Å². The molecule has 1 amide bonds. The molecule has 0 saturated carbocycles. The zero-order valence-electron chi connectivity index (χ0n) is 15.3. The van der Waals surface area contributed by atoms with Crippen molar-refractivity contribution in [2.45, 2.75) is 40.0 Å². The summed E-state index contributed by atoms with van der Waals surface area (Å²) in [4.78, 5) is 23.9. The van der Waals surface area contributed by atoms with Crippen molar-refractivity contribution in [2.75, 3.05) is 11.9 Å². The molecule has 0 unspecified atom stereocenters. The van der Waals surface area contributed by atoms with Gasteiger partial charge in [0.15, 0.2) is 12.4 Å². The van der Waals surface area contributed by atoms with E-state index in [1.54, 1.807) is 24.3 Å². The number of carbonyl (C=O) groups is 2. The van der Waals surface area contributed by atoms with Crippen LogP contribution in [0.1, 0.15) is 54.6 Å². The SMILES string of the molecule is CCC(=O)c1ccc(OCC(=O)Nc2c(C)cccc2C(C)C)cc1. The predicted molar refractivity (Wildman–Crippen MR) is 100 cm³/mol. The van der Waals surface area contributed by atoms with Gasteiger partial charge in [0.1, 0.15) is 5.75 Å². The van der Waals surface area contributed by atoms with Gasteiger partial charge in [0.25, 0.3) is 5.91 Å². The van der Waals surface area contributed by atoms with Crippen LogP contribution in [-0.4, -0.2) is 18.3 Å². The summed E-state index contributed by atoms with van der Waals surface area (Å²) in [5, 5.41) is 2.95. The fourth-order valence-electron chi connectivity index (χ4n) is 2.61. The van der Waals surface area contributed by atoms with Crippen LogP contribution in [0.2, 0.25) is 0 Å². The fraction of sp³-hybridized carbons (Fsp3) is 0.333. The third-order valence-electron chi connectivity index (χ3n) is 4.06. The predicted octanol–water partition coefficient (Wildman–Crippen LogP) is 4.73. The van der Waals surface area contributed by atoms with Crippen molar-refractivity contribution in [1.82, 2.24) is 0 Å². The number of Topliss-reactive ketones (excluding diaryl/α,β-unsaturated/α-hetero) is 1. The van der Waals surface area contributed by atoms with E-state index in [4.69, 9.17) is 4.74 Å². The second-order valence-corrected chi connectivity index (χ2v) is 6.33. The molecule has 0 heterocycles. The van der Waals surface area contributed by atoms with Gasteiger partial charge in [-0.2, -0.15) is 0 Å². The number of amides is 1. The summed E-state index contributed by atoms with van der Waals surface area (Å²) in [5.74, 6) is 0.770. The molecule has 0 saturated heterocycles. The Morgan fingerprint density at radius 1 is 1.08 bits per heavy atom. The van der Waals surface area contributed by atoms with E-state index in [9.17, 15) is 9.59 Å². The molecule has 0 fully saturated rings. The number of anilines is 1. The highest BCUT2D eigenvalue weighted by atomic mass is 16.5. The van der Waals surface area contributed by atoms with Gasteiger partial charge in [-0.1, -0.05) is 39.0 Å². The number of hydrogen-bond donors (Lipinski definition) is 1. The largest absolute Gasteiger partial charge is 0.484 e. The highest BCUT2D eigenvalue weighted by Crippen LogP contribution is 2.27. The van der Waals surface area contributed by atoms with Crippen LogP contribution in [0.4, 0.5) is 5.69 Å². The number of rotatable bonds is 7. The normalized spacial score (nSPS) is 10.6. The molecule has 0 radical (unpaired) electrons. The first kappa shape index (κ1) is 18.7. The number of aryl methyl sites for hydroxylation is 1. The molecular weight excluding hydrogens is 314 g/mol. The minimum Gasteiger partial charge on any atom is -0.484 e. The van der Waals surface area contributed by atoms with E-state index in [2.05, 4.69) is 19.2 Å². The van der Waals surface area contributed by atoms with Gasteiger partial charge in [-0.25, -0.2) is 0 Å². The zero-order chi connectivity index (χ0) is 18.4. The molecule has 0 atom stereocenters. The van der Waals surface area contributed by atoms with E-state index in [1.807, 2.05) is 32.0 Å². The van der Waals surface area contributed by atoms with Gasteiger partial charge >= 0.3 is 0 Å². The number of nitrogens with one attached hydrogen (secondary N) is 1. The van der Waals surface area contributed by atoms with Gasteiger partial charge in [0.2, 0.25) is 0 Å². The molecule has 0 aliphatic rings. The number of ether oxygens (including phenoxy) is 1. The third kappa shape index (κ3) is 4.92. The fourth-order valence-corrected chi connectivity index (χ4v) is 2.61. The second-order valence-electron chi connectivity index (χ2n) is 6.33. The van der Waals surface area contributed by atoms with Crippen molar-refractivity contribution in [3.63, 3.8) is 0 Å². The number of ketones is 1. The Hall–Kier alpha value is -2.62. The molecular formula is C21H25NO3. The molecule has 25 heavy (non-hydrogen) atoms. The summed E-state index contributed by atoms with van der Waals surface area (Å²) >= 11 is 0. The number of hydrogen-bond acceptors (Lipinski definition) is 3. The van der Waals surface area contributed by atoms with Gasteiger partial charge in [-0.05, 0) is 48.2 Å². The highest BCUT2D eigenvalue weighted by molar-refractivity contribution is 5.96. The molecule has 0 aliphatic carbocycles. The van der Waals surface area contributed by atoms with Crippen LogP contribution in [0.5, 0.6) is 5.75 Å². The molecule has 4 heteroatoms. The lowest BCUT2D eigenvalue weighted by atomic mass is 9.98. The third-order valence-corrected chi connectivity index (χ3v) is 4.06. The molecule has 132 valence electrons. The quantitative estimate of drug-likeness (QED) is 0.742. The topological polar surface area (TPSA) is 55.4 Å². The van der Waals surface area contributed by atoms with Crippen molar-refractivity contribution in [3.8, 4) is 5.75 Å². The lowest BCUT2D eigenvalue weighted by molar-refractivity contribution is -0.118. The average molecular weight is 339 g/mol. The Morgan fingerprint density at radius 2 is 1.76 bits per heavy atom. The standard InChI is InChI=1S/C21H25NO3/c1-5-19(23)16-9-11-17(12-10-16)25-13-20(24)22-21-15(4)7-6-8-18(21)14(2)3/h6-12,14H,5,13H2,1-4H3,(H,22,24). The van der Waals surface area contributed by atoms with Crippen molar-refractivity contribution >= 4 is 17.4 Å². The molecule has 0 bridgehead atoms. The maximum atomic E-state index is 12.2. The summed E-state index contributed by atoms with van der Waals surface area (Å²) in [7, 11) is 0. The van der Waals surface area contributed by atoms with E-state index in [1.165, 1.54) is 0 Å². The van der Waals surface area contributed by atoms with Crippen LogP contribution < -0.4 is 10.1 Å². The molecule has 2 aromatic carbocycles. The Labute approximate surface area is 149 Å². The van der Waals surface area contributed by atoms with Crippen molar-refractivity contribution in [3.05, 3.63) is 59.2 Å². The van der Waals surface area contributed by atoms with Crippen LogP contribution >= 0.6 is 0 Å². The smallest absolute Gasteiger partial charge is 0.262 e. The molecule has 2 aromatic rings. The molecule has 4 nitrogen and oxygen atoms in total. The average Bonchev–Trinajstić information content (AvgIpc) is 2.61. The maximum absolute atomic E-state index is 12.2. The van der Waals surface area contributed by atoms with Gasteiger partial charge in [0.05, 0.1) is 0 Å². The number of carbonyl (C=O) groups excluding carboxylic acids is 2. The number of benzene rings is 2. The lowest BCUT2D eigenvalue weighted by Crippen LogP contribution is -2.21. The minimum atomic E-state index is -0.204. The van der Waals surface area contributed by atoms with Crippen molar-refractivity contribution < 1.29 is 14.3 Å². The summed E-state index contributed by atoms with van der Waals surface area (Å²) in [6, 6.07) is 12.9. The summed E-state index contributed by atoms with van der Waals surface area (Å²) in [5.41, 5.74) is 3.65. The first-order chi connectivity index (χ1) is 11.9. The Bertz CT molecular complexity index is 748. The van der Waals surface area contributed by atoms with Gasteiger partial charge in [-0.3, -0.25) is 9.59 Å². The van der Waals surface area contributed by atoms with E-state index in [-0.39, 0.29) is 18.3 Å².